The summed E-state index contributed by atoms with van der Waals surface area (Å²) in [5.41, 5.74) is 7.44. The molecular weight excluding hydrogens is 508 g/mol. The van der Waals surface area contributed by atoms with E-state index in [0.29, 0.717) is 0 Å². The summed E-state index contributed by atoms with van der Waals surface area (Å²) in [5.74, 6) is 0. The van der Waals surface area contributed by atoms with Crippen molar-refractivity contribution in [1.29, 1.82) is 0 Å². The monoisotopic (exact) mass is 564 g/mol. The standard InChI is InChI=1S/C28H26N2.C6H14.2C3H8/c1-3-29(4-2)23-18-16-21(17-19-23)22-10-9-11-24(20-22)30-27-14-7-5-12-25(27)26-13-6-8-15-28(26)30;1-3-5-6-4-2;2*1-3-2/h5-20H,3-4H2,1-2H3;3-6H2,1-2H3;2*3H2,1-2H3. The lowest BCUT2D eigenvalue weighted by Gasteiger charge is -2.21. The van der Waals surface area contributed by atoms with Gasteiger partial charge in [0.25, 0.3) is 0 Å². The Morgan fingerprint density at radius 1 is 0.500 bits per heavy atom. The number of rotatable bonds is 8. The summed E-state index contributed by atoms with van der Waals surface area (Å²) >= 11 is 0. The molecule has 1 aromatic heterocycles. The van der Waals surface area contributed by atoms with E-state index in [4.69, 9.17) is 0 Å². The van der Waals surface area contributed by atoms with E-state index in [-0.39, 0.29) is 0 Å². The van der Waals surface area contributed by atoms with Crippen LogP contribution in [-0.2, 0) is 0 Å². The van der Waals surface area contributed by atoms with E-state index in [1.165, 1.54) is 82.8 Å². The average Bonchev–Trinajstić information content (AvgIpc) is 3.37. The molecule has 42 heavy (non-hydrogen) atoms. The fourth-order valence-electron chi connectivity index (χ4n) is 4.98. The predicted molar refractivity (Wildman–Crippen MR) is 192 cm³/mol. The molecule has 0 N–H and O–H groups in total. The van der Waals surface area contributed by atoms with Crippen LogP contribution in [0, 0.1) is 0 Å². The highest BCUT2D eigenvalue weighted by molar-refractivity contribution is 6.09. The molecule has 0 atom stereocenters. The van der Waals surface area contributed by atoms with Crippen LogP contribution in [0.15, 0.2) is 97.1 Å². The van der Waals surface area contributed by atoms with Gasteiger partial charge in [0.1, 0.15) is 0 Å². The molecule has 0 saturated carbocycles. The van der Waals surface area contributed by atoms with Gasteiger partial charge in [0.15, 0.2) is 0 Å². The van der Waals surface area contributed by atoms with Crippen molar-refractivity contribution in [3.05, 3.63) is 97.1 Å². The fraction of sp³-hybridized carbons (Fsp3) is 0.400. The number of benzene rings is 4. The maximum absolute atomic E-state index is 2.37. The second-order valence-corrected chi connectivity index (χ2v) is 10.8. The van der Waals surface area contributed by atoms with Crippen molar-refractivity contribution in [2.75, 3.05) is 18.0 Å². The van der Waals surface area contributed by atoms with Gasteiger partial charge in [0.2, 0.25) is 0 Å². The lowest BCUT2D eigenvalue weighted by molar-refractivity contribution is 0.702. The first kappa shape index (κ1) is 34.7. The summed E-state index contributed by atoms with van der Waals surface area (Å²) in [5, 5.41) is 2.59. The number of anilines is 1. The molecule has 5 aromatic rings. The minimum absolute atomic E-state index is 1.03. The third kappa shape index (κ3) is 9.51. The second kappa shape index (κ2) is 19.6. The molecule has 4 aromatic carbocycles. The summed E-state index contributed by atoms with van der Waals surface area (Å²) in [4.78, 5) is 2.37. The molecule has 2 heteroatoms. The molecule has 1 heterocycles. The van der Waals surface area contributed by atoms with Crippen LogP contribution >= 0.6 is 0 Å². The van der Waals surface area contributed by atoms with Gasteiger partial charge in [-0.05, 0) is 61.4 Å². The zero-order valence-electron chi connectivity index (χ0n) is 27.8. The van der Waals surface area contributed by atoms with Gasteiger partial charge in [-0.25, -0.2) is 0 Å². The summed E-state index contributed by atoms with van der Waals surface area (Å²) in [6, 6.07) is 35.1. The van der Waals surface area contributed by atoms with Crippen molar-refractivity contribution in [2.24, 2.45) is 0 Å². The molecule has 0 aliphatic rings. The summed E-state index contributed by atoms with van der Waals surface area (Å²) in [7, 11) is 0. The van der Waals surface area contributed by atoms with Crippen molar-refractivity contribution in [2.45, 2.75) is 93.9 Å². The second-order valence-electron chi connectivity index (χ2n) is 10.8. The minimum Gasteiger partial charge on any atom is -0.372 e. The Balaban J connectivity index is 0.000000441. The Bertz CT molecular complexity index is 1350. The van der Waals surface area contributed by atoms with Crippen LogP contribution in [-0.4, -0.2) is 17.7 Å². The number of fused-ring (bicyclic) bond motifs is 3. The van der Waals surface area contributed by atoms with Gasteiger partial charge in [0.05, 0.1) is 11.0 Å². The Morgan fingerprint density at radius 2 is 0.976 bits per heavy atom. The average molecular weight is 565 g/mol. The number of hydrogen-bond acceptors (Lipinski definition) is 1. The molecule has 0 saturated heterocycles. The van der Waals surface area contributed by atoms with Gasteiger partial charge >= 0.3 is 0 Å². The maximum Gasteiger partial charge on any atom is 0.0541 e. The molecule has 0 aliphatic heterocycles. The molecule has 0 radical (unpaired) electrons. The number of aromatic nitrogens is 1. The van der Waals surface area contributed by atoms with Crippen molar-refractivity contribution in [3.8, 4) is 16.8 Å². The van der Waals surface area contributed by atoms with Crippen LogP contribution in [0.4, 0.5) is 5.69 Å². The zero-order valence-corrected chi connectivity index (χ0v) is 27.8. The molecule has 0 fully saturated rings. The first-order valence-electron chi connectivity index (χ1n) is 16.5. The van der Waals surface area contributed by atoms with E-state index < -0.39 is 0 Å². The minimum atomic E-state index is 1.03. The van der Waals surface area contributed by atoms with Gasteiger partial charge < -0.3 is 9.47 Å². The smallest absolute Gasteiger partial charge is 0.0541 e. The van der Waals surface area contributed by atoms with Gasteiger partial charge in [-0.2, -0.15) is 0 Å². The van der Waals surface area contributed by atoms with E-state index in [0.717, 1.165) is 13.1 Å². The Morgan fingerprint density at radius 3 is 1.43 bits per heavy atom. The van der Waals surface area contributed by atoms with E-state index >= 15 is 0 Å². The highest BCUT2D eigenvalue weighted by Crippen LogP contribution is 2.33. The van der Waals surface area contributed by atoms with Crippen LogP contribution < -0.4 is 4.90 Å². The third-order valence-electron chi connectivity index (χ3n) is 6.97. The fourth-order valence-corrected chi connectivity index (χ4v) is 4.98. The summed E-state index contributed by atoms with van der Waals surface area (Å²) in [6.07, 6.45) is 8.04. The van der Waals surface area contributed by atoms with Crippen molar-refractivity contribution < 1.29 is 0 Å². The van der Waals surface area contributed by atoms with E-state index in [2.05, 4.69) is 162 Å². The molecule has 0 bridgehead atoms. The third-order valence-corrected chi connectivity index (χ3v) is 6.97. The van der Waals surface area contributed by atoms with Crippen LogP contribution in [0.3, 0.4) is 0 Å². The number of unbranched alkanes of at least 4 members (excludes halogenated alkanes) is 3. The lowest BCUT2D eigenvalue weighted by Crippen LogP contribution is -2.21. The van der Waals surface area contributed by atoms with Gasteiger partial charge in [0, 0.05) is 35.2 Å². The van der Waals surface area contributed by atoms with Crippen molar-refractivity contribution in [3.63, 3.8) is 0 Å². The topological polar surface area (TPSA) is 8.17 Å². The van der Waals surface area contributed by atoms with Crippen LogP contribution in [0.1, 0.15) is 93.9 Å². The zero-order chi connectivity index (χ0) is 30.7. The van der Waals surface area contributed by atoms with Crippen molar-refractivity contribution >= 4 is 27.5 Å². The summed E-state index contributed by atoms with van der Waals surface area (Å²) < 4.78 is 2.37. The van der Waals surface area contributed by atoms with Crippen molar-refractivity contribution in [1.82, 2.24) is 4.57 Å². The Hall–Kier alpha value is -3.52. The largest absolute Gasteiger partial charge is 0.372 e. The molecule has 5 rings (SSSR count). The maximum atomic E-state index is 2.37. The molecule has 2 nitrogen and oxygen atoms in total. The Labute approximate surface area is 257 Å². The molecule has 226 valence electrons. The van der Waals surface area contributed by atoms with Crippen LogP contribution in [0.25, 0.3) is 38.6 Å². The van der Waals surface area contributed by atoms with Gasteiger partial charge in [-0.15, -0.1) is 0 Å². The van der Waals surface area contributed by atoms with E-state index in [1.54, 1.807) is 0 Å². The number of nitrogens with zero attached hydrogens (tertiary/aromatic N) is 2. The lowest BCUT2D eigenvalue weighted by atomic mass is 10.0. The van der Waals surface area contributed by atoms with Gasteiger partial charge in [-0.3, -0.25) is 0 Å². The molecule has 0 amide bonds. The first-order valence-corrected chi connectivity index (χ1v) is 16.5. The summed E-state index contributed by atoms with van der Waals surface area (Å²) in [6.45, 7) is 19.4. The quantitative estimate of drug-likeness (QED) is 0.170. The molecule has 0 unspecified atom stereocenters. The SMILES string of the molecule is CCC.CCC.CCCCCC.CCN(CC)c1ccc(-c2cccc(-n3c4ccccc4c4ccccc43)c2)cc1. The van der Waals surface area contributed by atoms with E-state index in [9.17, 15) is 0 Å². The highest BCUT2D eigenvalue weighted by atomic mass is 15.1. The Kier molecular flexibility index (Phi) is 16.2. The predicted octanol–water partition coefficient (Wildman–Crippen LogP) is 12.7. The first-order chi connectivity index (χ1) is 20.5. The molecule has 0 aliphatic carbocycles. The van der Waals surface area contributed by atoms with Crippen LogP contribution in [0.2, 0.25) is 0 Å². The number of para-hydroxylation sites is 2. The number of hydrogen-bond donors (Lipinski definition) is 0. The van der Waals surface area contributed by atoms with E-state index in [1.807, 2.05) is 0 Å². The van der Waals surface area contributed by atoms with Gasteiger partial charge in [-0.1, -0.05) is 141 Å². The molecular formula is C40H56N2. The normalized spacial score (nSPS) is 10.2. The van der Waals surface area contributed by atoms with Crippen LogP contribution in [0.5, 0.6) is 0 Å². The molecule has 0 spiro atoms. The highest BCUT2D eigenvalue weighted by Gasteiger charge is 2.12.